The summed E-state index contributed by atoms with van der Waals surface area (Å²) in [6.45, 7) is 7.56. The quantitative estimate of drug-likeness (QED) is 0.666. The molecule has 0 aliphatic carbocycles. The predicted molar refractivity (Wildman–Crippen MR) is 102 cm³/mol. The van der Waals surface area contributed by atoms with E-state index in [1.165, 1.54) is 0 Å². The SMILES string of the molecule is CCNC(=NCCc1ccccn1)N1CCN(c2ccccn2)CC1. The molecule has 132 valence electrons. The average Bonchev–Trinajstić information content (AvgIpc) is 2.69. The molecule has 6 nitrogen and oxygen atoms in total. The van der Waals surface area contributed by atoms with Gasteiger partial charge in [0, 0.05) is 63.8 Å². The van der Waals surface area contributed by atoms with Crippen molar-refractivity contribution in [3.05, 3.63) is 54.5 Å². The van der Waals surface area contributed by atoms with Crippen molar-refractivity contribution in [3.63, 3.8) is 0 Å². The van der Waals surface area contributed by atoms with Crippen LogP contribution in [-0.2, 0) is 6.42 Å². The van der Waals surface area contributed by atoms with Crippen LogP contribution >= 0.6 is 0 Å². The smallest absolute Gasteiger partial charge is 0.194 e. The second-order valence-electron chi connectivity index (χ2n) is 5.97. The minimum absolute atomic E-state index is 0.750. The maximum atomic E-state index is 4.79. The van der Waals surface area contributed by atoms with Gasteiger partial charge in [-0.25, -0.2) is 4.98 Å². The Morgan fingerprint density at radius 3 is 2.44 bits per heavy atom. The number of hydrogen-bond acceptors (Lipinski definition) is 4. The summed E-state index contributed by atoms with van der Waals surface area (Å²) in [7, 11) is 0. The van der Waals surface area contributed by atoms with Crippen LogP contribution in [0.4, 0.5) is 5.82 Å². The van der Waals surface area contributed by atoms with Gasteiger partial charge in [0.25, 0.3) is 0 Å². The highest BCUT2D eigenvalue weighted by Gasteiger charge is 2.20. The molecule has 1 saturated heterocycles. The third kappa shape index (κ3) is 4.92. The van der Waals surface area contributed by atoms with Crippen molar-refractivity contribution in [1.29, 1.82) is 0 Å². The van der Waals surface area contributed by atoms with Crippen molar-refractivity contribution in [2.45, 2.75) is 13.3 Å². The van der Waals surface area contributed by atoms with Gasteiger partial charge < -0.3 is 15.1 Å². The van der Waals surface area contributed by atoms with Crippen molar-refractivity contribution in [3.8, 4) is 0 Å². The van der Waals surface area contributed by atoms with Crippen molar-refractivity contribution in [2.75, 3.05) is 44.2 Å². The zero-order chi connectivity index (χ0) is 17.3. The zero-order valence-electron chi connectivity index (χ0n) is 14.8. The molecular weight excluding hydrogens is 312 g/mol. The van der Waals surface area contributed by atoms with E-state index in [1.54, 1.807) is 0 Å². The summed E-state index contributed by atoms with van der Waals surface area (Å²) in [4.78, 5) is 18.3. The number of anilines is 1. The minimum atomic E-state index is 0.750. The van der Waals surface area contributed by atoms with E-state index in [1.807, 2.05) is 42.7 Å². The Balaban J connectivity index is 1.55. The van der Waals surface area contributed by atoms with Gasteiger partial charge in [0.1, 0.15) is 5.82 Å². The van der Waals surface area contributed by atoms with Crippen LogP contribution in [0.3, 0.4) is 0 Å². The number of rotatable bonds is 5. The van der Waals surface area contributed by atoms with Crippen molar-refractivity contribution >= 4 is 11.8 Å². The van der Waals surface area contributed by atoms with E-state index in [9.17, 15) is 0 Å². The lowest BCUT2D eigenvalue weighted by molar-refractivity contribution is 0.371. The topological polar surface area (TPSA) is 56.7 Å². The summed E-state index contributed by atoms with van der Waals surface area (Å²) in [6, 6.07) is 12.1. The molecule has 1 aliphatic heterocycles. The average molecular weight is 338 g/mol. The van der Waals surface area contributed by atoms with E-state index in [0.29, 0.717) is 0 Å². The molecule has 0 atom stereocenters. The van der Waals surface area contributed by atoms with Crippen LogP contribution in [0.1, 0.15) is 12.6 Å². The number of guanidine groups is 1. The number of nitrogens with zero attached hydrogens (tertiary/aromatic N) is 5. The van der Waals surface area contributed by atoms with Gasteiger partial charge in [-0.05, 0) is 31.2 Å². The maximum absolute atomic E-state index is 4.79. The third-order valence-corrected chi connectivity index (χ3v) is 4.24. The molecule has 3 rings (SSSR count). The van der Waals surface area contributed by atoms with Crippen LogP contribution in [0.2, 0.25) is 0 Å². The lowest BCUT2D eigenvalue weighted by Gasteiger charge is -2.37. The molecule has 0 radical (unpaired) electrons. The van der Waals surface area contributed by atoms with E-state index in [0.717, 1.165) is 63.2 Å². The summed E-state index contributed by atoms with van der Waals surface area (Å²) in [6.07, 6.45) is 4.55. The number of pyridine rings is 2. The zero-order valence-corrected chi connectivity index (χ0v) is 14.8. The molecule has 0 aromatic carbocycles. The first-order chi connectivity index (χ1) is 12.4. The number of aromatic nitrogens is 2. The second kappa shape index (κ2) is 9.01. The molecule has 25 heavy (non-hydrogen) atoms. The molecule has 1 aliphatic rings. The van der Waals surface area contributed by atoms with Gasteiger partial charge in [0.15, 0.2) is 5.96 Å². The number of piperazine rings is 1. The van der Waals surface area contributed by atoms with E-state index >= 15 is 0 Å². The van der Waals surface area contributed by atoms with E-state index in [-0.39, 0.29) is 0 Å². The van der Waals surface area contributed by atoms with E-state index in [4.69, 9.17) is 4.99 Å². The Hall–Kier alpha value is -2.63. The first-order valence-corrected chi connectivity index (χ1v) is 8.96. The Bertz CT molecular complexity index is 650. The molecular formula is C19H26N6. The molecule has 0 saturated carbocycles. The van der Waals surface area contributed by atoms with Gasteiger partial charge in [-0.1, -0.05) is 12.1 Å². The molecule has 2 aromatic rings. The van der Waals surface area contributed by atoms with Crippen molar-refractivity contribution < 1.29 is 0 Å². The predicted octanol–water partition coefficient (Wildman–Crippen LogP) is 1.81. The summed E-state index contributed by atoms with van der Waals surface area (Å²) in [5.41, 5.74) is 1.09. The molecule has 0 spiro atoms. The normalized spacial score (nSPS) is 15.3. The third-order valence-electron chi connectivity index (χ3n) is 4.24. The van der Waals surface area contributed by atoms with Crippen LogP contribution in [-0.4, -0.2) is 60.1 Å². The van der Waals surface area contributed by atoms with Gasteiger partial charge >= 0.3 is 0 Å². The number of hydrogen-bond donors (Lipinski definition) is 1. The fourth-order valence-corrected chi connectivity index (χ4v) is 2.94. The van der Waals surface area contributed by atoms with Crippen molar-refractivity contribution in [1.82, 2.24) is 20.2 Å². The monoisotopic (exact) mass is 338 g/mol. The van der Waals surface area contributed by atoms with Crippen molar-refractivity contribution in [2.24, 2.45) is 4.99 Å². The lowest BCUT2D eigenvalue weighted by atomic mass is 10.3. The summed E-state index contributed by atoms with van der Waals surface area (Å²) in [5, 5.41) is 3.41. The first-order valence-electron chi connectivity index (χ1n) is 8.96. The minimum Gasteiger partial charge on any atom is -0.357 e. The Morgan fingerprint density at radius 2 is 1.80 bits per heavy atom. The van der Waals surface area contributed by atoms with Gasteiger partial charge in [0.2, 0.25) is 0 Å². The highest BCUT2D eigenvalue weighted by molar-refractivity contribution is 5.80. The van der Waals surface area contributed by atoms with Gasteiger partial charge in [0.05, 0.1) is 0 Å². The van der Waals surface area contributed by atoms with Crippen LogP contribution in [0, 0.1) is 0 Å². The highest BCUT2D eigenvalue weighted by atomic mass is 15.4. The van der Waals surface area contributed by atoms with E-state index < -0.39 is 0 Å². The molecule has 3 heterocycles. The van der Waals surface area contributed by atoms with Crippen LogP contribution in [0.5, 0.6) is 0 Å². The van der Waals surface area contributed by atoms with Crippen LogP contribution in [0.15, 0.2) is 53.8 Å². The van der Waals surface area contributed by atoms with Gasteiger partial charge in [-0.2, -0.15) is 0 Å². The van der Waals surface area contributed by atoms with Crippen LogP contribution in [0.25, 0.3) is 0 Å². The highest BCUT2D eigenvalue weighted by Crippen LogP contribution is 2.12. The molecule has 2 aromatic heterocycles. The Labute approximate surface area is 149 Å². The Kier molecular flexibility index (Phi) is 6.20. The number of nitrogens with one attached hydrogen (secondary N) is 1. The fraction of sp³-hybridized carbons (Fsp3) is 0.421. The molecule has 0 bridgehead atoms. The summed E-state index contributed by atoms with van der Waals surface area (Å²) in [5.74, 6) is 2.05. The number of aliphatic imine (C=N–C) groups is 1. The first kappa shape index (κ1) is 17.2. The second-order valence-corrected chi connectivity index (χ2v) is 5.97. The summed E-state index contributed by atoms with van der Waals surface area (Å²) < 4.78 is 0. The van der Waals surface area contributed by atoms with Gasteiger partial charge in [-0.15, -0.1) is 0 Å². The maximum Gasteiger partial charge on any atom is 0.194 e. The molecule has 1 N–H and O–H groups in total. The summed E-state index contributed by atoms with van der Waals surface area (Å²) >= 11 is 0. The van der Waals surface area contributed by atoms with Gasteiger partial charge in [-0.3, -0.25) is 9.98 Å². The van der Waals surface area contributed by atoms with E-state index in [2.05, 4.69) is 38.1 Å². The standard InChI is InChI=1S/C19H26N6/c1-2-20-19(23-12-9-17-7-3-5-10-21-17)25-15-13-24(14-16-25)18-8-4-6-11-22-18/h3-8,10-11H,2,9,12-16H2,1H3,(H,20,23). The molecule has 0 unspecified atom stereocenters. The largest absolute Gasteiger partial charge is 0.357 e. The molecule has 0 amide bonds. The Morgan fingerprint density at radius 1 is 1.04 bits per heavy atom. The molecule has 6 heteroatoms. The lowest BCUT2D eigenvalue weighted by Crippen LogP contribution is -2.52. The molecule has 1 fully saturated rings. The van der Waals surface area contributed by atoms with Crippen LogP contribution < -0.4 is 10.2 Å². The fourth-order valence-electron chi connectivity index (χ4n) is 2.94.